The molecule has 3 heteroatoms. The van der Waals surface area contributed by atoms with Gasteiger partial charge in [0.2, 0.25) is 0 Å². The van der Waals surface area contributed by atoms with Gasteiger partial charge in [0.1, 0.15) is 5.76 Å². The van der Waals surface area contributed by atoms with Crippen molar-refractivity contribution in [2.75, 3.05) is 0 Å². The van der Waals surface area contributed by atoms with Crippen molar-refractivity contribution < 1.29 is 9.53 Å². The standard InChI is InChI=1S/C10H11NO2/c1-10(11)5-4-7-2-3-9(12)13-8(7)6-10/h2,4-6H,3,11H2,1H3. The van der Waals surface area contributed by atoms with Gasteiger partial charge < -0.3 is 10.5 Å². The van der Waals surface area contributed by atoms with E-state index in [2.05, 4.69) is 0 Å². The normalized spacial score (nSPS) is 31.7. The molecule has 2 rings (SSSR count). The largest absolute Gasteiger partial charge is 0.426 e. The number of fused-ring (bicyclic) bond motifs is 1. The SMILES string of the molecule is CC1(N)C=CC2=CCC(=O)OC2=C1. The van der Waals surface area contributed by atoms with E-state index in [9.17, 15) is 4.79 Å². The van der Waals surface area contributed by atoms with E-state index >= 15 is 0 Å². The molecule has 0 aromatic heterocycles. The summed E-state index contributed by atoms with van der Waals surface area (Å²) in [5.41, 5.74) is 6.29. The highest BCUT2D eigenvalue weighted by Gasteiger charge is 2.24. The molecule has 0 spiro atoms. The summed E-state index contributed by atoms with van der Waals surface area (Å²) in [6.07, 6.45) is 7.74. The van der Waals surface area contributed by atoms with Crippen LogP contribution in [0.2, 0.25) is 0 Å². The molecular formula is C10H11NO2. The topological polar surface area (TPSA) is 52.3 Å². The summed E-state index contributed by atoms with van der Waals surface area (Å²) in [5, 5.41) is 0. The molecule has 3 nitrogen and oxygen atoms in total. The van der Waals surface area contributed by atoms with Gasteiger partial charge in [-0.3, -0.25) is 4.79 Å². The van der Waals surface area contributed by atoms with Crippen molar-refractivity contribution in [3.8, 4) is 0 Å². The van der Waals surface area contributed by atoms with Crippen molar-refractivity contribution in [2.45, 2.75) is 18.9 Å². The van der Waals surface area contributed by atoms with Crippen molar-refractivity contribution in [3.05, 3.63) is 35.6 Å². The first kappa shape index (κ1) is 8.26. The van der Waals surface area contributed by atoms with Crippen LogP contribution in [0.15, 0.2) is 35.6 Å². The monoisotopic (exact) mass is 177 g/mol. The summed E-state index contributed by atoms with van der Waals surface area (Å²) in [4.78, 5) is 11.0. The van der Waals surface area contributed by atoms with E-state index in [1.54, 1.807) is 6.08 Å². The Morgan fingerprint density at radius 1 is 1.62 bits per heavy atom. The highest BCUT2D eigenvalue weighted by atomic mass is 16.5. The van der Waals surface area contributed by atoms with E-state index in [0.29, 0.717) is 12.2 Å². The van der Waals surface area contributed by atoms with Crippen LogP contribution in [0.5, 0.6) is 0 Å². The molecule has 0 amide bonds. The average Bonchev–Trinajstić information content (AvgIpc) is 2.01. The zero-order valence-electron chi connectivity index (χ0n) is 7.41. The molecule has 0 radical (unpaired) electrons. The minimum atomic E-state index is -0.510. The number of rotatable bonds is 0. The van der Waals surface area contributed by atoms with Crippen LogP contribution in [0.1, 0.15) is 13.3 Å². The third-order valence-corrected chi connectivity index (χ3v) is 2.06. The molecule has 0 fully saturated rings. The second-order valence-electron chi connectivity index (χ2n) is 3.55. The van der Waals surface area contributed by atoms with E-state index in [1.807, 2.05) is 25.2 Å². The molecule has 1 aliphatic carbocycles. The van der Waals surface area contributed by atoms with Gasteiger partial charge in [-0.1, -0.05) is 18.2 Å². The molecular weight excluding hydrogens is 166 g/mol. The minimum absolute atomic E-state index is 0.221. The van der Waals surface area contributed by atoms with Crippen molar-refractivity contribution in [2.24, 2.45) is 5.73 Å². The number of esters is 1. The van der Waals surface area contributed by atoms with Gasteiger partial charge in [0.05, 0.1) is 12.0 Å². The van der Waals surface area contributed by atoms with E-state index in [-0.39, 0.29) is 5.97 Å². The molecule has 0 saturated heterocycles. The summed E-state index contributed by atoms with van der Waals surface area (Å²) in [5.74, 6) is 0.366. The number of carbonyl (C=O) groups excluding carboxylic acids is 1. The van der Waals surface area contributed by atoms with Gasteiger partial charge in [0, 0.05) is 5.57 Å². The Hall–Kier alpha value is -1.35. The third-order valence-electron chi connectivity index (χ3n) is 2.06. The van der Waals surface area contributed by atoms with Crippen LogP contribution in [0, 0.1) is 0 Å². The Labute approximate surface area is 76.6 Å². The van der Waals surface area contributed by atoms with Crippen LogP contribution in [-0.2, 0) is 9.53 Å². The molecule has 1 aliphatic heterocycles. The minimum Gasteiger partial charge on any atom is -0.426 e. The van der Waals surface area contributed by atoms with Gasteiger partial charge in [-0.05, 0) is 13.0 Å². The summed E-state index contributed by atoms with van der Waals surface area (Å²) in [6, 6.07) is 0. The maximum absolute atomic E-state index is 11.0. The molecule has 13 heavy (non-hydrogen) atoms. The second kappa shape index (κ2) is 2.57. The van der Waals surface area contributed by atoms with Crippen LogP contribution in [-0.4, -0.2) is 11.5 Å². The number of hydrogen-bond acceptors (Lipinski definition) is 3. The second-order valence-corrected chi connectivity index (χ2v) is 3.55. The van der Waals surface area contributed by atoms with Crippen LogP contribution in [0.4, 0.5) is 0 Å². The fraction of sp³-hybridized carbons (Fsp3) is 0.300. The Morgan fingerprint density at radius 3 is 3.15 bits per heavy atom. The highest BCUT2D eigenvalue weighted by Crippen LogP contribution is 2.27. The van der Waals surface area contributed by atoms with Gasteiger partial charge >= 0.3 is 5.97 Å². The smallest absolute Gasteiger partial charge is 0.315 e. The predicted molar refractivity (Wildman–Crippen MR) is 48.6 cm³/mol. The maximum atomic E-state index is 11.0. The highest BCUT2D eigenvalue weighted by molar-refractivity contribution is 5.76. The molecule has 2 aliphatic rings. The summed E-state index contributed by atoms with van der Waals surface area (Å²) in [7, 11) is 0. The lowest BCUT2D eigenvalue weighted by molar-refractivity contribution is -0.138. The number of nitrogens with two attached hydrogens (primary N) is 1. The molecule has 0 saturated carbocycles. The average molecular weight is 177 g/mol. The van der Waals surface area contributed by atoms with Crippen LogP contribution in [0.25, 0.3) is 0 Å². The van der Waals surface area contributed by atoms with Gasteiger partial charge in [-0.15, -0.1) is 0 Å². The maximum Gasteiger partial charge on any atom is 0.315 e. The zero-order valence-corrected chi connectivity index (χ0v) is 7.41. The van der Waals surface area contributed by atoms with Gasteiger partial charge in [0.25, 0.3) is 0 Å². The fourth-order valence-electron chi connectivity index (χ4n) is 1.38. The van der Waals surface area contributed by atoms with Gasteiger partial charge in [0.15, 0.2) is 0 Å². The fourth-order valence-corrected chi connectivity index (χ4v) is 1.38. The summed E-state index contributed by atoms with van der Waals surface area (Å²) < 4.78 is 5.05. The van der Waals surface area contributed by atoms with E-state index in [0.717, 1.165) is 5.57 Å². The first-order chi connectivity index (χ1) is 6.07. The lowest BCUT2D eigenvalue weighted by atomic mass is 9.92. The van der Waals surface area contributed by atoms with Crippen LogP contribution in [0.3, 0.4) is 0 Å². The number of allylic oxidation sites excluding steroid dienone is 1. The molecule has 0 aromatic rings. The zero-order chi connectivity index (χ0) is 9.47. The van der Waals surface area contributed by atoms with E-state index in [4.69, 9.17) is 10.5 Å². The molecule has 0 aromatic carbocycles. The van der Waals surface area contributed by atoms with Crippen molar-refractivity contribution in [1.29, 1.82) is 0 Å². The Bertz CT molecular complexity index is 348. The van der Waals surface area contributed by atoms with E-state index in [1.165, 1.54) is 0 Å². The number of hydrogen-bond donors (Lipinski definition) is 1. The number of carbonyl (C=O) groups is 1. The number of ether oxygens (including phenoxy) is 1. The predicted octanol–water partition coefficient (Wildman–Crippen LogP) is 1.03. The molecule has 2 N–H and O–H groups in total. The van der Waals surface area contributed by atoms with E-state index < -0.39 is 5.54 Å². The van der Waals surface area contributed by atoms with Crippen molar-refractivity contribution in [1.82, 2.24) is 0 Å². The molecule has 1 unspecified atom stereocenters. The lowest BCUT2D eigenvalue weighted by Crippen LogP contribution is -2.34. The first-order valence-electron chi connectivity index (χ1n) is 4.19. The third kappa shape index (κ3) is 1.55. The van der Waals surface area contributed by atoms with Crippen LogP contribution < -0.4 is 5.73 Å². The van der Waals surface area contributed by atoms with Gasteiger partial charge in [-0.2, -0.15) is 0 Å². The summed E-state index contributed by atoms with van der Waals surface area (Å²) in [6.45, 7) is 1.86. The molecule has 1 heterocycles. The van der Waals surface area contributed by atoms with Gasteiger partial charge in [-0.25, -0.2) is 0 Å². The summed E-state index contributed by atoms with van der Waals surface area (Å²) >= 11 is 0. The molecule has 0 bridgehead atoms. The van der Waals surface area contributed by atoms with Crippen molar-refractivity contribution in [3.63, 3.8) is 0 Å². The quantitative estimate of drug-likeness (QED) is 0.562. The first-order valence-corrected chi connectivity index (χ1v) is 4.19. The Morgan fingerprint density at radius 2 is 2.38 bits per heavy atom. The van der Waals surface area contributed by atoms with Crippen molar-refractivity contribution >= 4 is 5.97 Å². The Balaban J connectivity index is 2.39. The Kier molecular flexibility index (Phi) is 1.63. The van der Waals surface area contributed by atoms with Crippen LogP contribution >= 0.6 is 0 Å². The molecule has 68 valence electrons. The lowest BCUT2D eigenvalue weighted by Gasteiger charge is -2.24. The molecule has 1 atom stereocenters.